The van der Waals surface area contributed by atoms with Crippen molar-refractivity contribution in [3.63, 3.8) is 0 Å². The molecule has 0 atom stereocenters. The minimum Gasteiger partial charge on any atom is -0.310 e. The second kappa shape index (κ2) is 9.17. The van der Waals surface area contributed by atoms with Crippen molar-refractivity contribution in [1.82, 2.24) is 0 Å². The maximum Gasteiger partial charge on any atom is 0.304 e. The van der Waals surface area contributed by atoms with Gasteiger partial charge in [0.15, 0.2) is 0 Å². The molecule has 3 aromatic carbocycles. The molecule has 0 radical (unpaired) electrons. The summed E-state index contributed by atoms with van der Waals surface area (Å²) in [5, 5.41) is 21.7. The summed E-state index contributed by atoms with van der Waals surface area (Å²) in [5.41, 5.74) is 0.889. The van der Waals surface area contributed by atoms with E-state index in [9.17, 15) is 29.0 Å². The molecule has 0 aliphatic rings. The van der Waals surface area contributed by atoms with Crippen LogP contribution in [-0.2, 0) is 0 Å². The second-order valence-electron chi connectivity index (χ2n) is 5.34. The van der Waals surface area contributed by atoms with Crippen molar-refractivity contribution in [2.24, 2.45) is 0 Å². The average molecular weight is 387 g/mol. The first-order valence-electron chi connectivity index (χ1n) is 7.89. The molecule has 0 aromatic heterocycles. The number of rotatable bonds is 5. The zero-order valence-corrected chi connectivity index (χ0v) is 14.7. The Labute approximate surface area is 158 Å². The quantitative estimate of drug-likeness (QED) is 0.414. The summed E-state index contributed by atoms with van der Waals surface area (Å²) >= 11 is 0. The van der Waals surface area contributed by atoms with Gasteiger partial charge in [-0.25, -0.2) is 0 Å². The molecule has 0 unspecified atom stereocenters. The van der Waals surface area contributed by atoms with E-state index in [0.29, 0.717) is 24.2 Å². The van der Waals surface area contributed by atoms with Crippen LogP contribution in [0.4, 0.5) is 37.2 Å². The van der Waals surface area contributed by atoms with E-state index < -0.39 is 21.4 Å². The topological polar surface area (TPSA) is 89.5 Å². The zero-order valence-electron chi connectivity index (χ0n) is 14.7. The number of hydrogen-bond donors (Lipinski definition) is 0. The van der Waals surface area contributed by atoms with Crippen molar-refractivity contribution in [2.45, 2.75) is 0 Å². The van der Waals surface area contributed by atoms with Crippen molar-refractivity contribution in [3.05, 3.63) is 98.8 Å². The maximum atomic E-state index is 14.1. The minimum absolute atomic E-state index is 0.0726. The Hall–Kier alpha value is -3.88. The number of nitro benzene ring substituents is 2. The second-order valence-corrected chi connectivity index (χ2v) is 5.34. The molecule has 0 N–H and O–H groups in total. The van der Waals surface area contributed by atoms with Crippen molar-refractivity contribution >= 4 is 28.4 Å². The first kappa shape index (κ1) is 20.4. The van der Waals surface area contributed by atoms with E-state index in [-0.39, 0.29) is 5.69 Å². The van der Waals surface area contributed by atoms with Gasteiger partial charge >= 0.3 is 5.69 Å². The molecule has 7 nitrogen and oxygen atoms in total. The van der Waals surface area contributed by atoms with Gasteiger partial charge in [-0.15, -0.1) is 0 Å². The Balaban J connectivity index is 0.00000136. The van der Waals surface area contributed by atoms with Crippen LogP contribution >= 0.6 is 0 Å². The predicted molar refractivity (Wildman–Crippen MR) is 101 cm³/mol. The maximum absolute atomic E-state index is 14.1. The molecule has 0 saturated heterocycles. The lowest BCUT2D eigenvalue weighted by Gasteiger charge is -2.25. The van der Waals surface area contributed by atoms with E-state index in [2.05, 4.69) is 0 Å². The Morgan fingerprint density at radius 2 is 1.29 bits per heavy atom. The van der Waals surface area contributed by atoms with E-state index in [0.717, 1.165) is 12.1 Å². The standard InChI is InChI=1S/C18H12FN3O4.CH3F/c19-17-12-16(10-11-18(17)22(25)26)20(13-4-2-1-3-5-13)14-6-8-15(9-7-14)21(23)24;1-2/h1-12H;1H3. The predicted octanol–water partition coefficient (Wildman–Crippen LogP) is 5.70. The van der Waals surface area contributed by atoms with Crippen LogP contribution in [0.15, 0.2) is 72.8 Å². The lowest BCUT2D eigenvalue weighted by Crippen LogP contribution is -2.10. The van der Waals surface area contributed by atoms with Crippen LogP contribution in [0.25, 0.3) is 0 Å². The van der Waals surface area contributed by atoms with Gasteiger partial charge in [0.2, 0.25) is 5.82 Å². The molecule has 0 saturated carbocycles. The van der Waals surface area contributed by atoms with Gasteiger partial charge in [-0.3, -0.25) is 24.6 Å². The van der Waals surface area contributed by atoms with Crippen LogP contribution in [0.1, 0.15) is 0 Å². The highest BCUT2D eigenvalue weighted by Gasteiger charge is 2.19. The Kier molecular flexibility index (Phi) is 6.69. The fraction of sp³-hybridized carbons (Fsp3) is 0.0526. The molecule has 0 amide bonds. The van der Waals surface area contributed by atoms with Crippen molar-refractivity contribution in [3.8, 4) is 0 Å². The first-order chi connectivity index (χ1) is 13.5. The summed E-state index contributed by atoms with van der Waals surface area (Å²) < 4.78 is 23.6. The number of para-hydroxylation sites is 1. The zero-order chi connectivity index (χ0) is 20.7. The van der Waals surface area contributed by atoms with E-state index in [1.807, 2.05) is 6.07 Å². The number of nitro groups is 2. The molecule has 0 aliphatic carbocycles. The van der Waals surface area contributed by atoms with E-state index in [1.165, 1.54) is 30.3 Å². The Morgan fingerprint density at radius 1 is 0.750 bits per heavy atom. The molecule has 3 rings (SSSR count). The lowest BCUT2D eigenvalue weighted by molar-refractivity contribution is -0.387. The Morgan fingerprint density at radius 3 is 1.79 bits per heavy atom. The summed E-state index contributed by atoms with van der Waals surface area (Å²) in [6, 6.07) is 18.3. The van der Waals surface area contributed by atoms with Gasteiger partial charge in [0.1, 0.15) is 0 Å². The number of nitrogens with zero attached hydrogens (tertiary/aromatic N) is 3. The van der Waals surface area contributed by atoms with Crippen molar-refractivity contribution in [2.75, 3.05) is 12.1 Å². The van der Waals surface area contributed by atoms with Crippen LogP contribution in [-0.4, -0.2) is 17.0 Å². The van der Waals surface area contributed by atoms with Gasteiger partial charge in [-0.1, -0.05) is 18.2 Å². The minimum atomic E-state index is -0.963. The summed E-state index contributed by atoms with van der Waals surface area (Å²) in [4.78, 5) is 22.0. The SMILES string of the molecule is CF.O=[N+]([O-])c1ccc(N(c2ccccc2)c2ccc([N+](=O)[O-])c(F)c2)cc1. The van der Waals surface area contributed by atoms with Crippen molar-refractivity contribution in [1.29, 1.82) is 0 Å². The highest BCUT2D eigenvalue weighted by atomic mass is 19.1. The molecule has 0 heterocycles. The largest absolute Gasteiger partial charge is 0.310 e. The Bertz CT molecular complexity index is 967. The van der Waals surface area contributed by atoms with Gasteiger partial charge in [-0.05, 0) is 30.3 Å². The highest BCUT2D eigenvalue weighted by molar-refractivity contribution is 5.77. The van der Waals surface area contributed by atoms with Crippen LogP contribution < -0.4 is 4.90 Å². The third-order valence-corrected chi connectivity index (χ3v) is 3.72. The van der Waals surface area contributed by atoms with Gasteiger partial charge in [0.25, 0.3) is 5.69 Å². The normalized spacial score (nSPS) is 9.82. The molecule has 3 aromatic rings. The van der Waals surface area contributed by atoms with Crippen molar-refractivity contribution < 1.29 is 18.6 Å². The third kappa shape index (κ3) is 4.44. The fourth-order valence-corrected chi connectivity index (χ4v) is 2.53. The number of benzene rings is 3. The number of hydrogen-bond acceptors (Lipinski definition) is 5. The number of alkyl halides is 1. The molecule has 144 valence electrons. The van der Waals surface area contributed by atoms with Crippen LogP contribution in [0.3, 0.4) is 0 Å². The van der Waals surface area contributed by atoms with Gasteiger partial charge < -0.3 is 4.90 Å². The van der Waals surface area contributed by atoms with E-state index in [4.69, 9.17) is 0 Å². The first-order valence-corrected chi connectivity index (χ1v) is 7.89. The number of anilines is 3. The summed E-state index contributed by atoms with van der Waals surface area (Å²) in [7, 11) is 0.500. The third-order valence-electron chi connectivity index (χ3n) is 3.72. The molecule has 28 heavy (non-hydrogen) atoms. The van der Waals surface area contributed by atoms with Crippen LogP contribution in [0.5, 0.6) is 0 Å². The highest BCUT2D eigenvalue weighted by Crippen LogP contribution is 2.36. The monoisotopic (exact) mass is 387 g/mol. The number of non-ortho nitro benzene ring substituents is 1. The molecular formula is C19H15F2N3O4. The van der Waals surface area contributed by atoms with Crippen LogP contribution in [0.2, 0.25) is 0 Å². The van der Waals surface area contributed by atoms with E-state index in [1.54, 1.807) is 29.2 Å². The molecule has 0 spiro atoms. The summed E-state index contributed by atoms with van der Waals surface area (Å²) in [5.74, 6) is -0.963. The van der Waals surface area contributed by atoms with Gasteiger partial charge in [0, 0.05) is 41.3 Å². The fourth-order valence-electron chi connectivity index (χ4n) is 2.53. The van der Waals surface area contributed by atoms with Gasteiger partial charge in [-0.2, -0.15) is 4.39 Å². The molecule has 0 aliphatic heterocycles. The smallest absolute Gasteiger partial charge is 0.304 e. The summed E-state index contributed by atoms with van der Waals surface area (Å²) in [6.45, 7) is 0. The number of halogens is 2. The molecular weight excluding hydrogens is 372 g/mol. The summed E-state index contributed by atoms with van der Waals surface area (Å²) in [6.07, 6.45) is 0. The lowest BCUT2D eigenvalue weighted by atomic mass is 10.1. The molecule has 9 heteroatoms. The molecule has 0 fully saturated rings. The van der Waals surface area contributed by atoms with Crippen LogP contribution in [0, 0.1) is 26.0 Å². The average Bonchev–Trinajstić information content (AvgIpc) is 2.71. The van der Waals surface area contributed by atoms with E-state index >= 15 is 0 Å². The van der Waals surface area contributed by atoms with Gasteiger partial charge in [0.05, 0.1) is 17.0 Å². The molecule has 0 bridgehead atoms.